The highest BCUT2D eigenvalue weighted by molar-refractivity contribution is 6.00. The van der Waals surface area contributed by atoms with Crippen molar-refractivity contribution in [1.82, 2.24) is 9.88 Å². The molecule has 0 spiro atoms. The van der Waals surface area contributed by atoms with E-state index in [1.54, 1.807) is 24.5 Å². The van der Waals surface area contributed by atoms with Crippen molar-refractivity contribution >= 4 is 18.3 Å². The van der Waals surface area contributed by atoms with Crippen LogP contribution in [0.2, 0.25) is 0 Å². The van der Waals surface area contributed by atoms with E-state index in [2.05, 4.69) is 4.98 Å². The molecule has 0 bridgehead atoms. The number of hydrogen-bond acceptors (Lipinski definition) is 3. The van der Waals surface area contributed by atoms with Crippen LogP contribution in [0.1, 0.15) is 29.6 Å². The monoisotopic (exact) mass is 381 g/mol. The van der Waals surface area contributed by atoms with Gasteiger partial charge in [0.2, 0.25) is 0 Å². The topological polar surface area (TPSA) is 71.3 Å². The van der Waals surface area contributed by atoms with Crippen molar-refractivity contribution in [2.45, 2.75) is 25.4 Å². The SMILES string of the molecule is Cl.NCCCOC1CCN(C(=O)c2c[nH]cc2-c2ccc(F)cc2)CC1. The fraction of sp³-hybridized carbons (Fsp3) is 0.421. The van der Waals surface area contributed by atoms with E-state index in [0.29, 0.717) is 31.8 Å². The van der Waals surface area contributed by atoms with Gasteiger partial charge in [0.1, 0.15) is 5.82 Å². The van der Waals surface area contributed by atoms with E-state index in [9.17, 15) is 9.18 Å². The zero-order chi connectivity index (χ0) is 17.6. The molecule has 1 aromatic carbocycles. The lowest BCUT2D eigenvalue weighted by Gasteiger charge is -2.32. The number of benzene rings is 1. The minimum Gasteiger partial charge on any atom is -0.378 e. The molecule has 1 aliphatic heterocycles. The van der Waals surface area contributed by atoms with Gasteiger partial charge in [-0.2, -0.15) is 0 Å². The Balaban J connectivity index is 0.00000243. The number of halogens is 2. The quantitative estimate of drug-likeness (QED) is 0.755. The summed E-state index contributed by atoms with van der Waals surface area (Å²) in [6, 6.07) is 6.18. The number of ether oxygens (including phenoxy) is 1. The van der Waals surface area contributed by atoms with Gasteiger partial charge >= 0.3 is 0 Å². The van der Waals surface area contributed by atoms with Crippen LogP contribution in [-0.4, -0.2) is 48.1 Å². The number of aromatic amines is 1. The summed E-state index contributed by atoms with van der Waals surface area (Å²) in [5, 5.41) is 0. The predicted octanol–water partition coefficient (Wildman–Crippen LogP) is 3.21. The molecule has 1 fully saturated rings. The lowest BCUT2D eigenvalue weighted by molar-refractivity contribution is 0.00847. The number of aromatic nitrogens is 1. The van der Waals surface area contributed by atoms with Gasteiger partial charge < -0.3 is 20.4 Å². The molecule has 1 saturated heterocycles. The number of nitrogens with zero attached hydrogens (tertiary/aromatic N) is 1. The van der Waals surface area contributed by atoms with Gasteiger partial charge in [0.15, 0.2) is 0 Å². The first kappa shape index (κ1) is 20.4. The molecule has 0 unspecified atom stereocenters. The largest absolute Gasteiger partial charge is 0.378 e. The molecule has 2 heterocycles. The average molecular weight is 382 g/mol. The maximum Gasteiger partial charge on any atom is 0.256 e. The molecule has 0 atom stereocenters. The molecule has 3 rings (SSSR count). The van der Waals surface area contributed by atoms with Crippen molar-refractivity contribution in [3.05, 3.63) is 48.0 Å². The van der Waals surface area contributed by atoms with Gasteiger partial charge in [-0.05, 0) is 43.5 Å². The zero-order valence-corrected chi connectivity index (χ0v) is 15.4. The Morgan fingerprint density at radius 3 is 2.58 bits per heavy atom. The number of rotatable bonds is 6. The van der Waals surface area contributed by atoms with E-state index >= 15 is 0 Å². The third-order valence-corrected chi connectivity index (χ3v) is 4.56. The Morgan fingerprint density at radius 2 is 1.92 bits per heavy atom. The second-order valence-corrected chi connectivity index (χ2v) is 6.29. The average Bonchev–Trinajstić information content (AvgIpc) is 3.12. The van der Waals surface area contributed by atoms with Crippen LogP contribution < -0.4 is 5.73 Å². The maximum absolute atomic E-state index is 13.1. The van der Waals surface area contributed by atoms with Crippen molar-refractivity contribution in [2.75, 3.05) is 26.2 Å². The van der Waals surface area contributed by atoms with Crippen molar-refractivity contribution in [1.29, 1.82) is 0 Å². The molecule has 7 heteroatoms. The minimum absolute atomic E-state index is 0. The van der Waals surface area contributed by atoms with Crippen LogP contribution in [0.15, 0.2) is 36.7 Å². The van der Waals surface area contributed by atoms with Crippen molar-refractivity contribution in [3.63, 3.8) is 0 Å². The van der Waals surface area contributed by atoms with Crippen LogP contribution in [0, 0.1) is 5.82 Å². The Morgan fingerprint density at radius 1 is 1.23 bits per heavy atom. The van der Waals surface area contributed by atoms with Gasteiger partial charge in [-0.25, -0.2) is 4.39 Å². The third-order valence-electron chi connectivity index (χ3n) is 4.56. The van der Waals surface area contributed by atoms with Gasteiger partial charge in [-0.1, -0.05) is 12.1 Å². The Bertz CT molecular complexity index is 697. The first-order chi connectivity index (χ1) is 12.2. The summed E-state index contributed by atoms with van der Waals surface area (Å²) in [5.74, 6) is -0.287. The summed E-state index contributed by atoms with van der Waals surface area (Å²) >= 11 is 0. The smallest absolute Gasteiger partial charge is 0.256 e. The summed E-state index contributed by atoms with van der Waals surface area (Å²) in [6.07, 6.45) is 6.25. The Hall–Kier alpha value is -1.89. The van der Waals surface area contributed by atoms with E-state index in [-0.39, 0.29) is 30.2 Å². The molecule has 142 valence electrons. The first-order valence-corrected chi connectivity index (χ1v) is 8.72. The van der Waals surface area contributed by atoms with Crippen LogP contribution in [0.25, 0.3) is 11.1 Å². The van der Waals surface area contributed by atoms with Crippen LogP contribution in [0.4, 0.5) is 4.39 Å². The predicted molar refractivity (Wildman–Crippen MR) is 102 cm³/mol. The molecule has 1 amide bonds. The Labute approximate surface area is 159 Å². The molecular formula is C19H25ClFN3O2. The highest BCUT2D eigenvalue weighted by Gasteiger charge is 2.26. The van der Waals surface area contributed by atoms with E-state index in [0.717, 1.165) is 30.4 Å². The van der Waals surface area contributed by atoms with E-state index in [1.165, 1.54) is 12.1 Å². The van der Waals surface area contributed by atoms with Gasteiger partial charge in [-0.15, -0.1) is 12.4 Å². The number of nitrogens with one attached hydrogen (secondary N) is 1. The van der Waals surface area contributed by atoms with Crippen LogP contribution >= 0.6 is 12.4 Å². The fourth-order valence-corrected chi connectivity index (χ4v) is 3.14. The molecule has 1 aliphatic rings. The number of H-pyrrole nitrogens is 1. The molecule has 5 nitrogen and oxygen atoms in total. The van der Waals surface area contributed by atoms with Gasteiger partial charge in [-0.3, -0.25) is 4.79 Å². The molecule has 0 aliphatic carbocycles. The lowest BCUT2D eigenvalue weighted by atomic mass is 10.0. The summed E-state index contributed by atoms with van der Waals surface area (Å²) < 4.78 is 18.9. The highest BCUT2D eigenvalue weighted by atomic mass is 35.5. The molecule has 26 heavy (non-hydrogen) atoms. The molecule has 3 N–H and O–H groups in total. The molecule has 1 aromatic heterocycles. The number of likely N-dealkylation sites (tertiary alicyclic amines) is 1. The molecule has 0 saturated carbocycles. The van der Waals surface area contributed by atoms with Gasteiger partial charge in [0.05, 0.1) is 11.7 Å². The lowest BCUT2D eigenvalue weighted by Crippen LogP contribution is -2.41. The van der Waals surface area contributed by atoms with Crippen LogP contribution in [0.3, 0.4) is 0 Å². The zero-order valence-electron chi connectivity index (χ0n) is 14.6. The third kappa shape index (κ3) is 4.84. The Kier molecular flexibility index (Phi) is 7.63. The van der Waals surface area contributed by atoms with Crippen molar-refractivity contribution < 1.29 is 13.9 Å². The fourth-order valence-electron chi connectivity index (χ4n) is 3.14. The van der Waals surface area contributed by atoms with E-state index in [1.807, 2.05) is 4.90 Å². The first-order valence-electron chi connectivity index (χ1n) is 8.72. The number of carbonyl (C=O) groups is 1. The van der Waals surface area contributed by atoms with Gasteiger partial charge in [0.25, 0.3) is 5.91 Å². The number of amides is 1. The van der Waals surface area contributed by atoms with Crippen LogP contribution in [0.5, 0.6) is 0 Å². The minimum atomic E-state index is -0.288. The summed E-state index contributed by atoms with van der Waals surface area (Å²) in [6.45, 7) is 2.68. The highest BCUT2D eigenvalue weighted by Crippen LogP contribution is 2.26. The summed E-state index contributed by atoms with van der Waals surface area (Å²) in [7, 11) is 0. The normalized spacial score (nSPS) is 14.9. The maximum atomic E-state index is 13.1. The number of nitrogens with two attached hydrogens (primary N) is 1. The van der Waals surface area contributed by atoms with Crippen molar-refractivity contribution in [3.8, 4) is 11.1 Å². The van der Waals surface area contributed by atoms with Gasteiger partial charge in [0, 0.05) is 37.7 Å². The van der Waals surface area contributed by atoms with Crippen molar-refractivity contribution in [2.24, 2.45) is 5.73 Å². The molecule has 0 radical (unpaired) electrons. The summed E-state index contributed by atoms with van der Waals surface area (Å²) in [4.78, 5) is 17.7. The summed E-state index contributed by atoms with van der Waals surface area (Å²) in [5.41, 5.74) is 7.72. The number of piperidine rings is 1. The van der Waals surface area contributed by atoms with E-state index in [4.69, 9.17) is 10.5 Å². The molecule has 2 aromatic rings. The number of carbonyl (C=O) groups excluding carboxylic acids is 1. The molecular weight excluding hydrogens is 357 g/mol. The second-order valence-electron chi connectivity index (χ2n) is 6.29. The van der Waals surface area contributed by atoms with E-state index < -0.39 is 0 Å². The standard InChI is InChI=1S/C19H24FN3O2.ClH/c20-15-4-2-14(3-5-15)17-12-22-13-18(17)19(24)23-9-6-16(7-10-23)25-11-1-8-21;/h2-5,12-13,16,22H,1,6-11,21H2;1H. The number of hydrogen-bond donors (Lipinski definition) is 2. The van der Waals surface area contributed by atoms with Crippen LogP contribution in [-0.2, 0) is 4.74 Å². The second kappa shape index (κ2) is 9.71.